The van der Waals surface area contributed by atoms with E-state index in [1.165, 1.54) is 17.7 Å². The van der Waals surface area contributed by atoms with Gasteiger partial charge in [0.1, 0.15) is 12.3 Å². The van der Waals surface area contributed by atoms with Crippen molar-refractivity contribution in [2.75, 3.05) is 19.5 Å². The van der Waals surface area contributed by atoms with Crippen LogP contribution in [0.4, 0.5) is 0 Å². The molecule has 0 N–H and O–H groups in total. The summed E-state index contributed by atoms with van der Waals surface area (Å²) < 4.78 is 36.7. The first-order valence-electron chi connectivity index (χ1n) is 9.91. The molecule has 1 aromatic heterocycles. The highest BCUT2D eigenvalue weighted by Gasteiger charge is 2.19. The Morgan fingerprint density at radius 3 is 2.48 bits per heavy atom. The van der Waals surface area contributed by atoms with Crippen LogP contribution in [0.3, 0.4) is 0 Å². The van der Waals surface area contributed by atoms with E-state index in [1.807, 2.05) is 0 Å². The number of hydrogen-bond acceptors (Lipinski definition) is 8. The first kappa shape index (κ1) is 24.3. The van der Waals surface area contributed by atoms with E-state index < -0.39 is 33.4 Å². The number of thiazole rings is 1. The molecular formula is C22H22N2O7S2. The van der Waals surface area contributed by atoms with E-state index in [2.05, 4.69) is 4.99 Å². The van der Waals surface area contributed by atoms with Gasteiger partial charge in [0.05, 0.1) is 35.2 Å². The van der Waals surface area contributed by atoms with Gasteiger partial charge in [0.2, 0.25) is 0 Å². The molecule has 174 valence electrons. The standard InChI is InChI=1S/C22H22N2O7S2/c1-3-31-21(27)16-9-10-17-18(11-16)32-22(24(17)12-20(26)30-2)23-19(25)14-33(28,29)13-15-7-5-4-6-8-15/h4-11H,3,12-14H2,1-2H3. The first-order valence-corrected chi connectivity index (χ1v) is 12.6. The molecule has 2 aromatic carbocycles. The summed E-state index contributed by atoms with van der Waals surface area (Å²) in [6.45, 7) is 1.68. The second kappa shape index (κ2) is 10.5. The van der Waals surface area contributed by atoms with Crippen molar-refractivity contribution >= 4 is 49.2 Å². The van der Waals surface area contributed by atoms with Gasteiger partial charge in [-0.1, -0.05) is 41.7 Å². The fourth-order valence-electron chi connectivity index (χ4n) is 3.05. The molecule has 0 radical (unpaired) electrons. The summed E-state index contributed by atoms with van der Waals surface area (Å²) in [7, 11) is -2.52. The van der Waals surface area contributed by atoms with Crippen molar-refractivity contribution < 1.29 is 32.3 Å². The van der Waals surface area contributed by atoms with E-state index >= 15 is 0 Å². The monoisotopic (exact) mass is 490 g/mol. The highest BCUT2D eigenvalue weighted by Crippen LogP contribution is 2.20. The molecule has 0 bridgehead atoms. The third-order valence-corrected chi connectivity index (χ3v) is 7.00. The maximum Gasteiger partial charge on any atom is 0.338 e. The summed E-state index contributed by atoms with van der Waals surface area (Å²) in [5, 5.41) is 0. The van der Waals surface area contributed by atoms with Crippen LogP contribution in [0.25, 0.3) is 10.2 Å². The maximum atomic E-state index is 12.5. The molecule has 0 saturated heterocycles. The Balaban J connectivity index is 1.96. The maximum absolute atomic E-state index is 12.5. The summed E-state index contributed by atoms with van der Waals surface area (Å²) in [5.41, 5.74) is 1.41. The molecule has 1 amide bonds. The van der Waals surface area contributed by atoms with Gasteiger partial charge in [0, 0.05) is 0 Å². The van der Waals surface area contributed by atoms with E-state index in [-0.39, 0.29) is 23.7 Å². The lowest BCUT2D eigenvalue weighted by Crippen LogP contribution is -2.24. The number of nitrogens with zero attached hydrogens (tertiary/aromatic N) is 2. The molecule has 0 saturated carbocycles. The first-order chi connectivity index (χ1) is 15.7. The topological polar surface area (TPSA) is 121 Å². The quantitative estimate of drug-likeness (QED) is 0.443. The van der Waals surface area contributed by atoms with Crippen molar-refractivity contribution in [3.05, 3.63) is 64.5 Å². The molecule has 1 heterocycles. The fourth-order valence-corrected chi connectivity index (χ4v) is 5.38. The van der Waals surface area contributed by atoms with Crippen LogP contribution in [0.5, 0.6) is 0 Å². The molecule has 0 unspecified atom stereocenters. The van der Waals surface area contributed by atoms with E-state index in [4.69, 9.17) is 9.47 Å². The van der Waals surface area contributed by atoms with E-state index in [0.29, 0.717) is 21.3 Å². The molecule has 0 aliphatic rings. The van der Waals surface area contributed by atoms with Crippen LogP contribution in [0.15, 0.2) is 53.5 Å². The van der Waals surface area contributed by atoms with E-state index in [9.17, 15) is 22.8 Å². The smallest absolute Gasteiger partial charge is 0.338 e. The number of benzene rings is 2. The van der Waals surface area contributed by atoms with Crippen molar-refractivity contribution in [3.63, 3.8) is 0 Å². The highest BCUT2D eigenvalue weighted by molar-refractivity contribution is 7.91. The number of sulfone groups is 1. The van der Waals surface area contributed by atoms with Gasteiger partial charge >= 0.3 is 11.9 Å². The minimum absolute atomic E-state index is 0.122. The van der Waals surface area contributed by atoms with Gasteiger partial charge in [-0.2, -0.15) is 4.99 Å². The van der Waals surface area contributed by atoms with Crippen molar-refractivity contribution in [1.82, 2.24) is 4.57 Å². The van der Waals surface area contributed by atoms with Gasteiger partial charge in [-0.15, -0.1) is 0 Å². The number of carbonyl (C=O) groups is 3. The number of ether oxygens (including phenoxy) is 2. The lowest BCUT2D eigenvalue weighted by molar-refractivity contribution is -0.141. The van der Waals surface area contributed by atoms with Crippen LogP contribution in [-0.2, 0) is 41.2 Å². The predicted octanol–water partition coefficient (Wildman–Crippen LogP) is 2.09. The molecular weight excluding hydrogens is 468 g/mol. The zero-order valence-corrected chi connectivity index (χ0v) is 19.6. The number of amides is 1. The van der Waals surface area contributed by atoms with Gasteiger partial charge in [-0.05, 0) is 30.7 Å². The molecule has 0 spiro atoms. The number of fused-ring (bicyclic) bond motifs is 1. The predicted molar refractivity (Wildman–Crippen MR) is 122 cm³/mol. The summed E-state index contributed by atoms with van der Waals surface area (Å²) in [5.74, 6) is -3.00. The van der Waals surface area contributed by atoms with Crippen molar-refractivity contribution in [2.45, 2.75) is 19.2 Å². The molecule has 3 rings (SSSR count). The van der Waals surface area contributed by atoms with E-state index in [1.54, 1.807) is 49.4 Å². The molecule has 0 fully saturated rings. The average Bonchev–Trinajstić information content (AvgIpc) is 3.09. The zero-order chi connectivity index (χ0) is 24.0. The number of aromatic nitrogens is 1. The Hall–Kier alpha value is -3.31. The van der Waals surface area contributed by atoms with Crippen LogP contribution < -0.4 is 4.80 Å². The van der Waals surface area contributed by atoms with Gasteiger partial charge in [0.25, 0.3) is 5.91 Å². The second-order valence-corrected chi connectivity index (χ2v) is 10.0. The third kappa shape index (κ3) is 6.36. The van der Waals surface area contributed by atoms with Crippen LogP contribution in [0, 0.1) is 0 Å². The van der Waals surface area contributed by atoms with Crippen LogP contribution in [0.1, 0.15) is 22.8 Å². The van der Waals surface area contributed by atoms with Crippen molar-refractivity contribution in [2.24, 2.45) is 4.99 Å². The molecule has 9 nitrogen and oxygen atoms in total. The Labute approximate surface area is 194 Å². The Bertz CT molecular complexity index is 1360. The van der Waals surface area contributed by atoms with Gasteiger partial charge in [-0.3, -0.25) is 9.59 Å². The second-order valence-electron chi connectivity index (χ2n) is 6.97. The summed E-state index contributed by atoms with van der Waals surface area (Å²) in [4.78, 5) is 40.6. The van der Waals surface area contributed by atoms with Crippen molar-refractivity contribution in [3.8, 4) is 0 Å². The third-order valence-electron chi connectivity index (χ3n) is 4.50. The number of hydrogen-bond donors (Lipinski definition) is 0. The number of methoxy groups -OCH3 is 1. The normalized spacial score (nSPS) is 12.0. The van der Waals surface area contributed by atoms with Crippen molar-refractivity contribution in [1.29, 1.82) is 0 Å². The molecule has 0 aliphatic heterocycles. The van der Waals surface area contributed by atoms with E-state index in [0.717, 1.165) is 11.3 Å². The average molecular weight is 491 g/mol. The Morgan fingerprint density at radius 1 is 1.09 bits per heavy atom. The van der Waals surface area contributed by atoms with Crippen LogP contribution in [0.2, 0.25) is 0 Å². The lowest BCUT2D eigenvalue weighted by atomic mass is 10.2. The Morgan fingerprint density at radius 2 is 1.82 bits per heavy atom. The van der Waals surface area contributed by atoms with Gasteiger partial charge in [0.15, 0.2) is 14.6 Å². The van der Waals surface area contributed by atoms with Gasteiger partial charge < -0.3 is 14.0 Å². The Kier molecular flexibility index (Phi) is 7.77. The summed E-state index contributed by atoms with van der Waals surface area (Å²) in [6, 6.07) is 13.2. The lowest BCUT2D eigenvalue weighted by Gasteiger charge is -2.05. The molecule has 0 aliphatic carbocycles. The van der Waals surface area contributed by atoms with Crippen LogP contribution >= 0.6 is 11.3 Å². The van der Waals surface area contributed by atoms with Gasteiger partial charge in [-0.25, -0.2) is 13.2 Å². The highest BCUT2D eigenvalue weighted by atomic mass is 32.2. The molecule has 3 aromatic rings. The number of rotatable bonds is 8. The van der Waals surface area contributed by atoms with Crippen LogP contribution in [-0.4, -0.2) is 50.3 Å². The fraction of sp³-hybridized carbons (Fsp3) is 0.273. The largest absolute Gasteiger partial charge is 0.468 e. The minimum atomic E-state index is -3.75. The SMILES string of the molecule is CCOC(=O)c1ccc2c(c1)sc(=NC(=O)CS(=O)(=O)Cc1ccccc1)n2CC(=O)OC. The molecule has 11 heteroatoms. The zero-order valence-electron chi connectivity index (χ0n) is 18.0. The molecule has 0 atom stereocenters. The number of carbonyl (C=O) groups excluding carboxylic acids is 3. The molecule has 33 heavy (non-hydrogen) atoms. The minimum Gasteiger partial charge on any atom is -0.468 e. The number of esters is 2. The summed E-state index contributed by atoms with van der Waals surface area (Å²) in [6.07, 6.45) is 0. The summed E-state index contributed by atoms with van der Waals surface area (Å²) >= 11 is 1.05.